The summed E-state index contributed by atoms with van der Waals surface area (Å²) in [4.78, 5) is 12.1. The monoisotopic (exact) mass is 322 g/mol. The van der Waals surface area contributed by atoms with Gasteiger partial charge in [0.05, 0.1) is 12.7 Å². The molecule has 0 aliphatic rings. The standard InChI is InChI=1S/C18H30N2O3/c1-5-14-8-7-9-15(6-2)17(14)20-18(22)19-10-16(21)12-23-11-13(3)4/h7-9,13,16,21H,5-6,10-12H2,1-4H3,(H2,19,20,22). The van der Waals surface area contributed by atoms with Crippen LogP contribution in [0.3, 0.4) is 0 Å². The smallest absolute Gasteiger partial charge is 0.319 e. The van der Waals surface area contributed by atoms with Crippen molar-refractivity contribution in [3.05, 3.63) is 29.3 Å². The molecule has 0 aliphatic heterocycles. The van der Waals surface area contributed by atoms with Gasteiger partial charge in [-0.2, -0.15) is 0 Å². The average Bonchev–Trinajstić information content (AvgIpc) is 2.52. The maximum absolute atomic E-state index is 12.1. The fourth-order valence-electron chi connectivity index (χ4n) is 2.27. The minimum absolute atomic E-state index is 0.166. The van der Waals surface area contributed by atoms with Crippen molar-refractivity contribution in [3.63, 3.8) is 0 Å². The summed E-state index contributed by atoms with van der Waals surface area (Å²) in [5.41, 5.74) is 3.10. The van der Waals surface area contributed by atoms with Crippen molar-refractivity contribution in [3.8, 4) is 0 Å². The van der Waals surface area contributed by atoms with Crippen LogP contribution in [0.25, 0.3) is 0 Å². The highest BCUT2D eigenvalue weighted by Crippen LogP contribution is 2.22. The van der Waals surface area contributed by atoms with E-state index in [1.807, 2.05) is 18.2 Å². The first-order valence-electron chi connectivity index (χ1n) is 8.39. The molecule has 0 fully saturated rings. The Balaban J connectivity index is 2.48. The van der Waals surface area contributed by atoms with Crippen molar-refractivity contribution in [2.24, 2.45) is 5.92 Å². The molecule has 0 aliphatic carbocycles. The van der Waals surface area contributed by atoms with Gasteiger partial charge in [-0.3, -0.25) is 0 Å². The van der Waals surface area contributed by atoms with Crippen LogP contribution in [0.5, 0.6) is 0 Å². The molecule has 0 saturated heterocycles. The highest BCUT2D eigenvalue weighted by molar-refractivity contribution is 5.91. The SMILES string of the molecule is CCc1cccc(CC)c1NC(=O)NCC(O)COCC(C)C. The number of para-hydroxylation sites is 1. The van der Waals surface area contributed by atoms with Gasteiger partial charge in [0.1, 0.15) is 0 Å². The van der Waals surface area contributed by atoms with Gasteiger partial charge < -0.3 is 20.5 Å². The number of hydrogen-bond acceptors (Lipinski definition) is 3. The van der Waals surface area contributed by atoms with E-state index >= 15 is 0 Å². The maximum Gasteiger partial charge on any atom is 0.319 e. The molecule has 1 aromatic carbocycles. The van der Waals surface area contributed by atoms with Gasteiger partial charge in [-0.15, -0.1) is 0 Å². The molecule has 0 radical (unpaired) electrons. The molecule has 130 valence electrons. The van der Waals surface area contributed by atoms with Crippen molar-refractivity contribution < 1.29 is 14.6 Å². The molecular weight excluding hydrogens is 292 g/mol. The molecule has 1 aromatic rings. The van der Waals surface area contributed by atoms with Gasteiger partial charge in [0.2, 0.25) is 0 Å². The summed E-state index contributed by atoms with van der Waals surface area (Å²) in [5, 5.41) is 15.4. The van der Waals surface area contributed by atoms with E-state index in [0.29, 0.717) is 12.5 Å². The third-order valence-electron chi connectivity index (χ3n) is 3.50. The van der Waals surface area contributed by atoms with Gasteiger partial charge in [0.25, 0.3) is 0 Å². The third kappa shape index (κ3) is 7.01. The summed E-state index contributed by atoms with van der Waals surface area (Å²) in [7, 11) is 0. The predicted octanol–water partition coefficient (Wildman–Crippen LogP) is 2.97. The Hall–Kier alpha value is -1.59. The van der Waals surface area contributed by atoms with E-state index in [9.17, 15) is 9.90 Å². The van der Waals surface area contributed by atoms with Crippen LogP contribution in [-0.2, 0) is 17.6 Å². The summed E-state index contributed by atoms with van der Waals surface area (Å²) >= 11 is 0. The number of rotatable bonds is 9. The molecule has 0 aromatic heterocycles. The lowest BCUT2D eigenvalue weighted by Crippen LogP contribution is -2.37. The number of carbonyl (C=O) groups excluding carboxylic acids is 1. The van der Waals surface area contributed by atoms with Crippen LogP contribution < -0.4 is 10.6 Å². The van der Waals surface area contributed by atoms with Crippen LogP contribution in [0.1, 0.15) is 38.8 Å². The normalized spacial score (nSPS) is 12.3. The van der Waals surface area contributed by atoms with Crippen molar-refractivity contribution >= 4 is 11.7 Å². The van der Waals surface area contributed by atoms with Gasteiger partial charge in [-0.05, 0) is 29.9 Å². The van der Waals surface area contributed by atoms with Gasteiger partial charge >= 0.3 is 6.03 Å². The molecule has 0 bridgehead atoms. The second-order valence-electron chi connectivity index (χ2n) is 6.08. The number of benzene rings is 1. The van der Waals surface area contributed by atoms with Crippen LogP contribution in [0.2, 0.25) is 0 Å². The first kappa shape index (κ1) is 19.5. The number of hydrogen-bond donors (Lipinski definition) is 3. The third-order valence-corrected chi connectivity index (χ3v) is 3.50. The average molecular weight is 322 g/mol. The molecule has 0 spiro atoms. The second-order valence-corrected chi connectivity index (χ2v) is 6.08. The van der Waals surface area contributed by atoms with E-state index in [4.69, 9.17) is 4.74 Å². The molecular formula is C18H30N2O3. The molecule has 5 nitrogen and oxygen atoms in total. The van der Waals surface area contributed by atoms with Crippen molar-refractivity contribution in [2.45, 2.75) is 46.6 Å². The zero-order valence-corrected chi connectivity index (χ0v) is 14.7. The molecule has 3 N–H and O–H groups in total. The molecule has 0 heterocycles. The Labute approximate surface area is 139 Å². The van der Waals surface area contributed by atoms with Gasteiger partial charge in [0, 0.05) is 18.8 Å². The number of aryl methyl sites for hydroxylation is 2. The lowest BCUT2D eigenvalue weighted by atomic mass is 10.0. The Morgan fingerprint density at radius 2 is 1.78 bits per heavy atom. The van der Waals surface area contributed by atoms with Gasteiger partial charge in [-0.1, -0.05) is 45.9 Å². The second kappa shape index (κ2) is 10.2. The molecule has 0 saturated carbocycles. The Bertz CT molecular complexity index is 467. The van der Waals surface area contributed by atoms with E-state index in [1.54, 1.807) is 0 Å². The minimum atomic E-state index is -0.702. The number of anilines is 1. The number of ether oxygens (including phenoxy) is 1. The molecule has 1 rings (SSSR count). The summed E-state index contributed by atoms with van der Waals surface area (Å²) in [5.74, 6) is 0.427. The Morgan fingerprint density at radius 1 is 1.17 bits per heavy atom. The zero-order chi connectivity index (χ0) is 17.2. The number of aliphatic hydroxyl groups is 1. The molecule has 23 heavy (non-hydrogen) atoms. The number of aliphatic hydroxyl groups excluding tert-OH is 1. The molecule has 1 unspecified atom stereocenters. The van der Waals surface area contributed by atoms with E-state index in [-0.39, 0.29) is 19.2 Å². The quantitative estimate of drug-likeness (QED) is 0.654. The molecule has 5 heteroatoms. The molecule has 2 amide bonds. The number of nitrogens with one attached hydrogen (secondary N) is 2. The summed E-state index contributed by atoms with van der Waals surface area (Å²) in [6.07, 6.45) is 1.01. The van der Waals surface area contributed by atoms with Crippen molar-refractivity contribution in [2.75, 3.05) is 25.1 Å². The first-order chi connectivity index (χ1) is 11.0. The van der Waals surface area contributed by atoms with Crippen LogP contribution in [0.4, 0.5) is 10.5 Å². The molecule has 1 atom stereocenters. The van der Waals surface area contributed by atoms with E-state index < -0.39 is 6.10 Å². The highest BCUT2D eigenvalue weighted by Gasteiger charge is 2.11. The summed E-state index contributed by atoms with van der Waals surface area (Å²) < 4.78 is 5.36. The van der Waals surface area contributed by atoms with Crippen LogP contribution in [0, 0.1) is 5.92 Å². The minimum Gasteiger partial charge on any atom is -0.389 e. The Kier molecular flexibility index (Phi) is 8.66. The van der Waals surface area contributed by atoms with Crippen LogP contribution in [0.15, 0.2) is 18.2 Å². The van der Waals surface area contributed by atoms with Crippen LogP contribution >= 0.6 is 0 Å². The first-order valence-corrected chi connectivity index (χ1v) is 8.39. The lowest BCUT2D eigenvalue weighted by molar-refractivity contribution is 0.0274. The van der Waals surface area contributed by atoms with Crippen molar-refractivity contribution in [1.29, 1.82) is 0 Å². The van der Waals surface area contributed by atoms with E-state index in [2.05, 4.69) is 38.3 Å². The number of carbonyl (C=O) groups is 1. The fraction of sp³-hybridized carbons (Fsp3) is 0.611. The summed E-state index contributed by atoms with van der Waals surface area (Å²) in [6, 6.07) is 5.74. The topological polar surface area (TPSA) is 70.6 Å². The van der Waals surface area contributed by atoms with Crippen LogP contribution in [-0.4, -0.2) is 37.0 Å². The number of urea groups is 1. The maximum atomic E-state index is 12.1. The van der Waals surface area contributed by atoms with Gasteiger partial charge in [-0.25, -0.2) is 4.79 Å². The zero-order valence-electron chi connectivity index (χ0n) is 14.7. The summed E-state index contributed by atoms with van der Waals surface area (Å²) in [6.45, 7) is 9.22. The predicted molar refractivity (Wildman–Crippen MR) is 93.9 cm³/mol. The van der Waals surface area contributed by atoms with Gasteiger partial charge in [0.15, 0.2) is 0 Å². The Morgan fingerprint density at radius 3 is 2.30 bits per heavy atom. The van der Waals surface area contributed by atoms with E-state index in [0.717, 1.165) is 29.7 Å². The highest BCUT2D eigenvalue weighted by atomic mass is 16.5. The lowest BCUT2D eigenvalue weighted by Gasteiger charge is -2.17. The van der Waals surface area contributed by atoms with E-state index in [1.165, 1.54) is 0 Å². The van der Waals surface area contributed by atoms with Crippen molar-refractivity contribution in [1.82, 2.24) is 5.32 Å². The number of amides is 2. The fourth-order valence-corrected chi connectivity index (χ4v) is 2.27. The largest absolute Gasteiger partial charge is 0.389 e.